The molecule has 6 nitrogen and oxygen atoms in total. The van der Waals surface area contributed by atoms with Crippen molar-refractivity contribution in [2.75, 3.05) is 6.54 Å². The molecule has 1 atom stereocenters. The van der Waals surface area contributed by atoms with E-state index in [1.54, 1.807) is 6.20 Å². The molecular weight excluding hydrogens is 354 g/mol. The molecule has 0 aliphatic carbocycles. The van der Waals surface area contributed by atoms with Gasteiger partial charge >= 0.3 is 5.97 Å². The van der Waals surface area contributed by atoms with Gasteiger partial charge < -0.3 is 10.4 Å². The average Bonchev–Trinajstić information content (AvgIpc) is 3.15. The molecule has 0 spiro atoms. The summed E-state index contributed by atoms with van der Waals surface area (Å²) in [4.78, 5) is 24.4. The van der Waals surface area contributed by atoms with Gasteiger partial charge in [0.1, 0.15) is 0 Å². The van der Waals surface area contributed by atoms with E-state index < -0.39 is 11.9 Å². The molecule has 1 aliphatic rings. The minimum Gasteiger partial charge on any atom is -0.481 e. The summed E-state index contributed by atoms with van der Waals surface area (Å²) in [6, 6.07) is 13.8. The van der Waals surface area contributed by atoms with Gasteiger partial charge in [0.05, 0.1) is 23.4 Å². The number of rotatable bonds is 6. The van der Waals surface area contributed by atoms with Crippen LogP contribution in [0.3, 0.4) is 0 Å². The van der Waals surface area contributed by atoms with E-state index in [0.717, 1.165) is 47.8 Å². The van der Waals surface area contributed by atoms with Gasteiger partial charge in [-0.15, -0.1) is 0 Å². The van der Waals surface area contributed by atoms with Crippen molar-refractivity contribution in [1.82, 2.24) is 15.1 Å². The smallest absolute Gasteiger partial charge is 0.308 e. The predicted molar refractivity (Wildman–Crippen MR) is 106 cm³/mol. The van der Waals surface area contributed by atoms with Crippen molar-refractivity contribution in [3.8, 4) is 0 Å². The first kappa shape index (κ1) is 18.2. The lowest BCUT2D eigenvalue weighted by Crippen LogP contribution is -2.34. The molecule has 144 valence electrons. The fourth-order valence-electron chi connectivity index (χ4n) is 3.90. The van der Waals surface area contributed by atoms with E-state index in [4.69, 9.17) is 0 Å². The lowest BCUT2D eigenvalue weighted by molar-refractivity contribution is -0.141. The van der Waals surface area contributed by atoms with Crippen LogP contribution in [0.25, 0.3) is 10.8 Å². The number of aryl methyl sites for hydroxylation is 1. The Morgan fingerprint density at radius 2 is 1.96 bits per heavy atom. The van der Waals surface area contributed by atoms with E-state index in [9.17, 15) is 14.7 Å². The van der Waals surface area contributed by atoms with Gasteiger partial charge in [0.15, 0.2) is 0 Å². The third-order valence-electron chi connectivity index (χ3n) is 5.43. The summed E-state index contributed by atoms with van der Waals surface area (Å²) < 4.78 is 1.88. The molecule has 2 heterocycles. The van der Waals surface area contributed by atoms with Crippen molar-refractivity contribution in [1.29, 1.82) is 0 Å². The summed E-state index contributed by atoms with van der Waals surface area (Å²) >= 11 is 0. The summed E-state index contributed by atoms with van der Waals surface area (Å²) in [6.07, 6.45) is 4.91. The second kappa shape index (κ2) is 7.84. The molecule has 3 aromatic rings. The normalized spacial score (nSPS) is 14.4. The second-order valence-electron chi connectivity index (χ2n) is 7.27. The Bertz CT molecular complexity index is 1020. The highest BCUT2D eigenvalue weighted by Crippen LogP contribution is 2.22. The van der Waals surface area contributed by atoms with Crippen LogP contribution >= 0.6 is 0 Å². The molecule has 0 radical (unpaired) electrons. The van der Waals surface area contributed by atoms with Crippen molar-refractivity contribution in [2.24, 2.45) is 5.92 Å². The molecule has 1 aromatic heterocycles. The molecule has 0 bridgehead atoms. The van der Waals surface area contributed by atoms with Crippen LogP contribution in [0.5, 0.6) is 0 Å². The number of nitrogens with zero attached hydrogens (tertiary/aromatic N) is 2. The zero-order valence-electron chi connectivity index (χ0n) is 15.6. The Hall–Kier alpha value is -3.15. The lowest BCUT2D eigenvalue weighted by atomic mass is 9.94. The molecule has 1 unspecified atom stereocenters. The number of hydrogen-bond acceptors (Lipinski definition) is 3. The molecule has 6 heteroatoms. The number of amides is 1. The predicted octanol–water partition coefficient (Wildman–Crippen LogP) is 3.05. The highest BCUT2D eigenvalue weighted by atomic mass is 16.4. The summed E-state index contributed by atoms with van der Waals surface area (Å²) in [7, 11) is 0. The number of nitrogens with one attached hydrogen (secondary N) is 1. The highest BCUT2D eigenvalue weighted by Gasteiger charge is 2.23. The van der Waals surface area contributed by atoms with Crippen LogP contribution in [-0.4, -0.2) is 33.3 Å². The number of carbonyl (C=O) groups excluding carboxylic acids is 1. The molecular formula is C22H23N3O3. The molecule has 4 rings (SSSR count). The van der Waals surface area contributed by atoms with Crippen molar-refractivity contribution in [3.05, 3.63) is 65.5 Å². The van der Waals surface area contributed by atoms with Crippen LogP contribution in [0, 0.1) is 5.92 Å². The van der Waals surface area contributed by atoms with Crippen LogP contribution in [0.1, 0.15) is 34.5 Å². The Morgan fingerprint density at radius 3 is 2.82 bits per heavy atom. The van der Waals surface area contributed by atoms with E-state index in [2.05, 4.69) is 10.4 Å². The number of carboxylic acid groups (broad SMARTS) is 1. The minimum absolute atomic E-state index is 0.0853. The first-order valence-corrected chi connectivity index (χ1v) is 9.66. The average molecular weight is 377 g/mol. The molecule has 0 fully saturated rings. The van der Waals surface area contributed by atoms with Gasteiger partial charge in [-0.3, -0.25) is 14.3 Å². The molecule has 0 saturated carbocycles. The summed E-state index contributed by atoms with van der Waals surface area (Å²) in [5, 5.41) is 18.9. The maximum Gasteiger partial charge on any atom is 0.308 e. The quantitative estimate of drug-likeness (QED) is 0.692. The molecule has 1 aliphatic heterocycles. The Morgan fingerprint density at radius 1 is 1.14 bits per heavy atom. The van der Waals surface area contributed by atoms with E-state index >= 15 is 0 Å². The monoisotopic (exact) mass is 377 g/mol. The maximum atomic E-state index is 12.6. The molecule has 0 saturated heterocycles. The van der Waals surface area contributed by atoms with Crippen LogP contribution in [0.2, 0.25) is 0 Å². The van der Waals surface area contributed by atoms with Gasteiger partial charge in [-0.2, -0.15) is 5.10 Å². The Balaban J connectivity index is 1.48. The minimum atomic E-state index is -0.912. The number of carboxylic acids is 1. The van der Waals surface area contributed by atoms with E-state index in [1.165, 1.54) is 0 Å². The van der Waals surface area contributed by atoms with Gasteiger partial charge in [0.25, 0.3) is 5.91 Å². The number of benzene rings is 2. The zero-order valence-corrected chi connectivity index (χ0v) is 15.6. The summed E-state index contributed by atoms with van der Waals surface area (Å²) in [5.74, 6) is -1.85. The third-order valence-corrected chi connectivity index (χ3v) is 5.43. The number of hydrogen-bond donors (Lipinski definition) is 2. The SMILES string of the molecule is O=C(NCC(Cc1cccc2ccccc12)C(=O)O)c1cnn2c1CCCC2. The Kier molecular flexibility index (Phi) is 5.10. The van der Waals surface area contributed by atoms with E-state index in [0.29, 0.717) is 12.0 Å². The molecule has 1 amide bonds. The number of fused-ring (bicyclic) bond motifs is 2. The van der Waals surface area contributed by atoms with Crippen LogP contribution in [0.15, 0.2) is 48.7 Å². The van der Waals surface area contributed by atoms with Gasteiger partial charge in [0.2, 0.25) is 0 Å². The number of aliphatic carboxylic acids is 1. The first-order valence-electron chi connectivity index (χ1n) is 9.66. The van der Waals surface area contributed by atoms with Gasteiger partial charge in [-0.25, -0.2) is 0 Å². The molecule has 28 heavy (non-hydrogen) atoms. The third kappa shape index (κ3) is 3.63. The van der Waals surface area contributed by atoms with Crippen molar-refractivity contribution >= 4 is 22.6 Å². The lowest BCUT2D eigenvalue weighted by Gasteiger charge is -2.16. The molecule has 2 N–H and O–H groups in total. The highest BCUT2D eigenvalue weighted by molar-refractivity contribution is 5.95. The van der Waals surface area contributed by atoms with Crippen molar-refractivity contribution in [2.45, 2.75) is 32.2 Å². The van der Waals surface area contributed by atoms with E-state index in [1.807, 2.05) is 47.1 Å². The van der Waals surface area contributed by atoms with Gasteiger partial charge in [-0.05, 0) is 42.0 Å². The van der Waals surface area contributed by atoms with E-state index in [-0.39, 0.29) is 12.5 Å². The topological polar surface area (TPSA) is 84.2 Å². The summed E-state index contributed by atoms with van der Waals surface area (Å²) in [5.41, 5.74) is 2.49. The second-order valence-corrected chi connectivity index (χ2v) is 7.27. The van der Waals surface area contributed by atoms with Crippen LogP contribution in [0.4, 0.5) is 0 Å². The first-order chi connectivity index (χ1) is 13.6. The van der Waals surface area contributed by atoms with Crippen LogP contribution < -0.4 is 5.32 Å². The summed E-state index contributed by atoms with van der Waals surface area (Å²) in [6.45, 7) is 0.920. The largest absolute Gasteiger partial charge is 0.481 e. The number of carbonyl (C=O) groups is 2. The fraction of sp³-hybridized carbons (Fsp3) is 0.318. The van der Waals surface area contributed by atoms with Gasteiger partial charge in [-0.1, -0.05) is 42.5 Å². The zero-order chi connectivity index (χ0) is 19.5. The maximum absolute atomic E-state index is 12.6. The molecule has 2 aromatic carbocycles. The van der Waals surface area contributed by atoms with Crippen LogP contribution in [-0.2, 0) is 24.2 Å². The Labute approximate surface area is 163 Å². The number of aromatic nitrogens is 2. The van der Waals surface area contributed by atoms with Crippen molar-refractivity contribution in [3.63, 3.8) is 0 Å². The van der Waals surface area contributed by atoms with Crippen molar-refractivity contribution < 1.29 is 14.7 Å². The van der Waals surface area contributed by atoms with Gasteiger partial charge in [0, 0.05) is 13.1 Å². The standard InChI is InChI=1S/C22H23N3O3/c26-21(19-14-24-25-11-4-3-10-20(19)25)23-13-17(22(27)28)12-16-8-5-7-15-6-1-2-9-18(15)16/h1-2,5-9,14,17H,3-4,10-13H2,(H,23,26)(H,27,28). The fourth-order valence-corrected chi connectivity index (χ4v) is 3.90.